The molecule has 0 radical (unpaired) electrons. The molecule has 0 saturated carbocycles. The molecule has 0 aliphatic carbocycles. The van der Waals surface area contributed by atoms with Crippen molar-refractivity contribution in [3.05, 3.63) is 0 Å². The van der Waals surface area contributed by atoms with Crippen LogP contribution < -0.4 is 0 Å². The van der Waals surface area contributed by atoms with Crippen molar-refractivity contribution in [2.75, 3.05) is 39.8 Å². The van der Waals surface area contributed by atoms with Crippen LogP contribution in [-0.4, -0.2) is 77.6 Å². The molecule has 1 heterocycles. The van der Waals surface area contributed by atoms with Crippen molar-refractivity contribution in [3.63, 3.8) is 0 Å². The number of hydrogen-bond donors (Lipinski definition) is 1. The minimum Gasteiger partial charge on any atom is -0.480 e. The van der Waals surface area contributed by atoms with Crippen molar-refractivity contribution in [3.8, 4) is 0 Å². The second kappa shape index (κ2) is 7.33. The van der Waals surface area contributed by atoms with E-state index in [-0.39, 0.29) is 18.6 Å². The van der Waals surface area contributed by atoms with Crippen LogP contribution in [0.1, 0.15) is 26.7 Å². The summed E-state index contributed by atoms with van der Waals surface area (Å²) in [5.74, 6) is -0.811. The lowest BCUT2D eigenvalue weighted by atomic mass is 10.1. The molecule has 1 N–H and O–H groups in total. The Morgan fingerprint density at radius 1 is 1.16 bits per heavy atom. The Kier molecular flexibility index (Phi) is 6.08. The van der Waals surface area contributed by atoms with Gasteiger partial charge in [0.1, 0.15) is 0 Å². The molecule has 0 bridgehead atoms. The van der Waals surface area contributed by atoms with Gasteiger partial charge < -0.3 is 14.9 Å². The van der Waals surface area contributed by atoms with Crippen molar-refractivity contribution < 1.29 is 14.7 Å². The van der Waals surface area contributed by atoms with Gasteiger partial charge in [-0.1, -0.05) is 13.8 Å². The van der Waals surface area contributed by atoms with Crippen LogP contribution in [0.4, 0.5) is 4.79 Å². The second-order valence-electron chi connectivity index (χ2n) is 5.02. The van der Waals surface area contributed by atoms with Crippen molar-refractivity contribution >= 4 is 12.0 Å². The Labute approximate surface area is 115 Å². The van der Waals surface area contributed by atoms with Crippen LogP contribution in [0.25, 0.3) is 0 Å². The van der Waals surface area contributed by atoms with Gasteiger partial charge in [-0.05, 0) is 12.8 Å². The lowest BCUT2D eigenvalue weighted by Crippen LogP contribution is -2.54. The van der Waals surface area contributed by atoms with Crippen molar-refractivity contribution in [1.29, 1.82) is 0 Å². The molecule has 1 fully saturated rings. The molecule has 0 unspecified atom stereocenters. The van der Waals surface area contributed by atoms with E-state index in [0.29, 0.717) is 26.2 Å². The first-order chi connectivity index (χ1) is 8.99. The summed E-state index contributed by atoms with van der Waals surface area (Å²) in [6, 6.07) is 0.341. The van der Waals surface area contributed by atoms with Gasteiger partial charge in [-0.25, -0.2) is 4.79 Å². The van der Waals surface area contributed by atoms with Gasteiger partial charge in [0.15, 0.2) is 0 Å². The zero-order chi connectivity index (χ0) is 14.4. The lowest BCUT2D eigenvalue weighted by molar-refractivity contribution is -0.138. The second-order valence-corrected chi connectivity index (χ2v) is 5.02. The maximum atomic E-state index is 12.3. The highest BCUT2D eigenvalue weighted by molar-refractivity contribution is 5.74. The summed E-state index contributed by atoms with van der Waals surface area (Å²) in [7, 11) is 1.85. The Balaban J connectivity index is 2.46. The minimum absolute atomic E-state index is 0.0590. The third-order valence-electron chi connectivity index (χ3n) is 3.79. The summed E-state index contributed by atoms with van der Waals surface area (Å²) < 4.78 is 0. The molecule has 1 rings (SSSR count). The Hall–Kier alpha value is -1.30. The molecule has 0 aromatic carbocycles. The quantitative estimate of drug-likeness (QED) is 0.808. The van der Waals surface area contributed by atoms with Crippen LogP contribution in [0.3, 0.4) is 0 Å². The molecule has 1 aliphatic heterocycles. The van der Waals surface area contributed by atoms with Gasteiger partial charge in [0.25, 0.3) is 0 Å². The van der Waals surface area contributed by atoms with Crippen molar-refractivity contribution in [2.45, 2.75) is 32.7 Å². The van der Waals surface area contributed by atoms with E-state index in [9.17, 15) is 9.59 Å². The minimum atomic E-state index is -0.811. The summed E-state index contributed by atoms with van der Waals surface area (Å²) in [5.41, 5.74) is 0. The largest absolute Gasteiger partial charge is 0.480 e. The number of hydrogen-bond acceptors (Lipinski definition) is 3. The summed E-state index contributed by atoms with van der Waals surface area (Å²) >= 11 is 0. The van der Waals surface area contributed by atoms with Gasteiger partial charge in [-0.2, -0.15) is 0 Å². The molecule has 19 heavy (non-hydrogen) atoms. The number of carboxylic acids is 1. The predicted molar refractivity (Wildman–Crippen MR) is 73.2 cm³/mol. The smallest absolute Gasteiger partial charge is 0.320 e. The van der Waals surface area contributed by atoms with E-state index in [2.05, 4.69) is 13.8 Å². The van der Waals surface area contributed by atoms with Crippen LogP contribution in [0.15, 0.2) is 0 Å². The molecule has 0 atom stereocenters. The van der Waals surface area contributed by atoms with E-state index in [1.807, 2.05) is 21.7 Å². The molecule has 110 valence electrons. The molecule has 6 heteroatoms. The van der Waals surface area contributed by atoms with E-state index >= 15 is 0 Å². The SMILES string of the molecule is CCC(CC)N(C)C(=O)N1CCN(CC(=O)O)CC1. The average molecular weight is 271 g/mol. The number of nitrogens with zero attached hydrogens (tertiary/aromatic N) is 3. The van der Waals surface area contributed by atoms with Crippen LogP contribution in [-0.2, 0) is 4.79 Å². The van der Waals surface area contributed by atoms with Crippen molar-refractivity contribution in [2.24, 2.45) is 0 Å². The lowest BCUT2D eigenvalue weighted by Gasteiger charge is -2.38. The van der Waals surface area contributed by atoms with E-state index in [1.165, 1.54) is 0 Å². The molecule has 1 aliphatic rings. The summed E-state index contributed by atoms with van der Waals surface area (Å²) in [4.78, 5) is 28.4. The monoisotopic (exact) mass is 271 g/mol. The Bertz CT molecular complexity index is 310. The highest BCUT2D eigenvalue weighted by atomic mass is 16.4. The third kappa shape index (κ3) is 4.38. The van der Waals surface area contributed by atoms with Gasteiger partial charge >= 0.3 is 12.0 Å². The number of rotatable bonds is 5. The molecule has 2 amide bonds. The topological polar surface area (TPSA) is 64.1 Å². The van der Waals surface area contributed by atoms with E-state index < -0.39 is 5.97 Å². The average Bonchev–Trinajstić information content (AvgIpc) is 2.39. The number of aliphatic carboxylic acids is 1. The molecule has 6 nitrogen and oxygen atoms in total. The third-order valence-corrected chi connectivity index (χ3v) is 3.79. The molecule has 0 spiro atoms. The zero-order valence-electron chi connectivity index (χ0n) is 12.1. The van der Waals surface area contributed by atoms with Crippen LogP contribution in [0.2, 0.25) is 0 Å². The van der Waals surface area contributed by atoms with Crippen LogP contribution in [0.5, 0.6) is 0 Å². The van der Waals surface area contributed by atoms with E-state index in [4.69, 9.17) is 5.11 Å². The maximum Gasteiger partial charge on any atom is 0.320 e. The van der Waals surface area contributed by atoms with Crippen LogP contribution in [0, 0.1) is 0 Å². The number of carbonyl (C=O) groups is 2. The first-order valence-corrected chi connectivity index (χ1v) is 6.95. The molecule has 1 saturated heterocycles. The number of carbonyl (C=O) groups excluding carboxylic acids is 1. The molecular formula is C13H25N3O3. The predicted octanol–water partition coefficient (Wildman–Crippen LogP) is 0.929. The number of urea groups is 1. The normalized spacial score (nSPS) is 16.7. The van der Waals surface area contributed by atoms with Gasteiger partial charge in [0.2, 0.25) is 0 Å². The highest BCUT2D eigenvalue weighted by Gasteiger charge is 2.26. The standard InChI is InChI=1S/C13H25N3O3/c1-4-11(5-2)14(3)13(19)16-8-6-15(7-9-16)10-12(17)18/h11H,4-10H2,1-3H3,(H,17,18). The van der Waals surface area contributed by atoms with E-state index in [0.717, 1.165) is 12.8 Å². The Morgan fingerprint density at radius 2 is 1.68 bits per heavy atom. The fourth-order valence-corrected chi connectivity index (χ4v) is 2.50. The van der Waals surface area contributed by atoms with Gasteiger partial charge in [0, 0.05) is 39.3 Å². The first kappa shape index (κ1) is 15.8. The number of amides is 2. The van der Waals surface area contributed by atoms with E-state index in [1.54, 1.807) is 0 Å². The summed E-state index contributed by atoms with van der Waals surface area (Å²) in [5, 5.41) is 8.74. The molecular weight excluding hydrogens is 246 g/mol. The van der Waals surface area contributed by atoms with Gasteiger partial charge in [-0.3, -0.25) is 9.69 Å². The fourth-order valence-electron chi connectivity index (χ4n) is 2.50. The first-order valence-electron chi connectivity index (χ1n) is 6.95. The maximum absolute atomic E-state index is 12.3. The molecule has 0 aromatic rings. The molecule has 0 aromatic heterocycles. The summed E-state index contributed by atoms with van der Waals surface area (Å²) in [6.45, 7) is 6.71. The van der Waals surface area contributed by atoms with Crippen molar-refractivity contribution in [1.82, 2.24) is 14.7 Å². The van der Waals surface area contributed by atoms with Gasteiger partial charge in [-0.15, -0.1) is 0 Å². The highest BCUT2D eigenvalue weighted by Crippen LogP contribution is 2.11. The summed E-state index contributed by atoms with van der Waals surface area (Å²) in [6.07, 6.45) is 1.91. The Morgan fingerprint density at radius 3 is 2.11 bits per heavy atom. The fraction of sp³-hybridized carbons (Fsp3) is 0.846. The number of carboxylic acid groups (broad SMARTS) is 1. The van der Waals surface area contributed by atoms with Gasteiger partial charge in [0.05, 0.1) is 6.54 Å². The van der Waals surface area contributed by atoms with Crippen LogP contribution >= 0.6 is 0 Å². The number of piperazine rings is 1. The zero-order valence-corrected chi connectivity index (χ0v) is 12.1.